The largest absolute Gasteiger partial charge is 0.430 e. The molecule has 0 radical (unpaired) electrons. The summed E-state index contributed by atoms with van der Waals surface area (Å²) in [7, 11) is 0. The zero-order valence-electron chi connectivity index (χ0n) is 10.3. The van der Waals surface area contributed by atoms with Crippen molar-refractivity contribution in [1.82, 2.24) is 4.98 Å². The molecule has 0 aliphatic rings. The summed E-state index contributed by atoms with van der Waals surface area (Å²) in [4.78, 5) is 4.30. The number of aromatic nitrogens is 1. The molecule has 0 atom stereocenters. The fourth-order valence-electron chi connectivity index (χ4n) is 1.79. The zero-order chi connectivity index (χ0) is 12.4. The van der Waals surface area contributed by atoms with Crippen LogP contribution in [0.15, 0.2) is 17.5 Å². The van der Waals surface area contributed by atoms with Crippen LogP contribution in [0.25, 0.3) is 0 Å². The monoisotopic (exact) mass is 248 g/mol. The lowest BCUT2D eigenvalue weighted by Gasteiger charge is -2.11. The molecule has 0 unspecified atom stereocenters. The summed E-state index contributed by atoms with van der Waals surface area (Å²) >= 11 is 1.51. The third-order valence-electron chi connectivity index (χ3n) is 2.54. The number of aryl methyl sites for hydroxylation is 3. The van der Waals surface area contributed by atoms with Gasteiger partial charge in [0.05, 0.1) is 5.69 Å². The van der Waals surface area contributed by atoms with E-state index in [-0.39, 0.29) is 0 Å². The van der Waals surface area contributed by atoms with Gasteiger partial charge in [-0.25, -0.2) is 4.98 Å². The van der Waals surface area contributed by atoms with E-state index in [1.54, 1.807) is 0 Å². The van der Waals surface area contributed by atoms with E-state index in [9.17, 15) is 0 Å². The number of thiazole rings is 1. The Kier molecular flexibility index (Phi) is 3.45. The molecule has 0 saturated carbocycles. The number of hydrogen-bond acceptors (Lipinski definition) is 4. The average molecular weight is 248 g/mol. The van der Waals surface area contributed by atoms with Gasteiger partial charge in [0.15, 0.2) is 0 Å². The van der Waals surface area contributed by atoms with Crippen LogP contribution < -0.4 is 10.5 Å². The van der Waals surface area contributed by atoms with Gasteiger partial charge in [-0.15, -0.1) is 0 Å². The molecule has 1 aromatic carbocycles. The molecule has 90 valence electrons. The summed E-state index contributed by atoms with van der Waals surface area (Å²) in [6.07, 6.45) is 0. The van der Waals surface area contributed by atoms with Crippen molar-refractivity contribution in [1.29, 1.82) is 0 Å². The summed E-state index contributed by atoms with van der Waals surface area (Å²) < 4.78 is 5.83. The molecule has 0 saturated heterocycles. The Morgan fingerprint density at radius 2 is 1.88 bits per heavy atom. The maximum atomic E-state index is 5.83. The molecule has 3 nitrogen and oxygen atoms in total. The summed E-state index contributed by atoms with van der Waals surface area (Å²) in [6.45, 7) is 6.57. The van der Waals surface area contributed by atoms with Crippen LogP contribution in [-0.4, -0.2) is 4.98 Å². The molecule has 0 aliphatic carbocycles. The van der Waals surface area contributed by atoms with Gasteiger partial charge in [0, 0.05) is 11.9 Å². The van der Waals surface area contributed by atoms with E-state index in [4.69, 9.17) is 10.5 Å². The molecule has 17 heavy (non-hydrogen) atoms. The predicted octanol–water partition coefficient (Wildman–Crippen LogP) is 3.32. The fraction of sp³-hybridized carbons (Fsp3) is 0.308. The lowest BCUT2D eigenvalue weighted by molar-refractivity contribution is 0.470. The Labute approximate surface area is 105 Å². The van der Waals surface area contributed by atoms with Crippen molar-refractivity contribution in [2.24, 2.45) is 5.73 Å². The van der Waals surface area contributed by atoms with Crippen LogP contribution in [0.2, 0.25) is 0 Å². The van der Waals surface area contributed by atoms with Gasteiger partial charge in [0.25, 0.3) is 5.19 Å². The van der Waals surface area contributed by atoms with Crippen molar-refractivity contribution >= 4 is 11.3 Å². The molecule has 0 aliphatic heterocycles. The first kappa shape index (κ1) is 12.1. The molecule has 0 fully saturated rings. The predicted molar refractivity (Wildman–Crippen MR) is 70.7 cm³/mol. The van der Waals surface area contributed by atoms with Crippen LogP contribution in [-0.2, 0) is 6.54 Å². The Bertz CT molecular complexity index is 511. The molecule has 1 heterocycles. The molecule has 4 heteroatoms. The average Bonchev–Trinajstić information content (AvgIpc) is 2.69. The Hall–Kier alpha value is -1.39. The first-order valence-corrected chi connectivity index (χ1v) is 6.38. The van der Waals surface area contributed by atoms with Gasteiger partial charge in [-0.3, -0.25) is 0 Å². The van der Waals surface area contributed by atoms with Gasteiger partial charge in [-0.05, 0) is 37.5 Å². The van der Waals surface area contributed by atoms with Crippen molar-refractivity contribution < 1.29 is 4.74 Å². The number of hydrogen-bond donors (Lipinski definition) is 1. The van der Waals surface area contributed by atoms with E-state index in [1.165, 1.54) is 11.3 Å². The summed E-state index contributed by atoms with van der Waals surface area (Å²) in [5, 5.41) is 2.67. The smallest absolute Gasteiger partial charge is 0.278 e. The fourth-order valence-corrected chi connectivity index (χ4v) is 2.44. The van der Waals surface area contributed by atoms with Crippen LogP contribution in [0, 0.1) is 20.8 Å². The number of nitrogens with zero attached hydrogens (tertiary/aromatic N) is 1. The van der Waals surface area contributed by atoms with Crippen LogP contribution in [0.4, 0.5) is 0 Å². The van der Waals surface area contributed by atoms with E-state index in [0.29, 0.717) is 11.7 Å². The topological polar surface area (TPSA) is 48.1 Å². The molecular formula is C13H16N2OS. The van der Waals surface area contributed by atoms with Gasteiger partial charge >= 0.3 is 0 Å². The minimum atomic E-state index is 0.554. The summed E-state index contributed by atoms with van der Waals surface area (Å²) in [5.74, 6) is 0.886. The second-order valence-electron chi connectivity index (χ2n) is 4.12. The second-order valence-corrected chi connectivity index (χ2v) is 4.94. The molecule has 0 amide bonds. The number of nitrogens with two attached hydrogens (primary N) is 1. The molecular weight excluding hydrogens is 232 g/mol. The molecule has 2 rings (SSSR count). The van der Waals surface area contributed by atoms with Crippen LogP contribution >= 0.6 is 11.3 Å². The first-order valence-electron chi connectivity index (χ1n) is 5.50. The van der Waals surface area contributed by atoms with Gasteiger partial charge in [0.2, 0.25) is 0 Å². The van der Waals surface area contributed by atoms with E-state index in [1.807, 2.05) is 26.2 Å². The lowest BCUT2D eigenvalue weighted by Crippen LogP contribution is -1.99. The summed E-state index contributed by atoms with van der Waals surface area (Å²) in [5.41, 5.74) is 9.95. The maximum Gasteiger partial charge on any atom is 0.278 e. The number of benzene rings is 1. The van der Waals surface area contributed by atoms with Gasteiger partial charge in [0.1, 0.15) is 5.75 Å². The van der Waals surface area contributed by atoms with Crippen molar-refractivity contribution in [3.05, 3.63) is 39.9 Å². The SMILES string of the molecule is Cc1csc(Oc2c(C)cc(CN)cc2C)n1. The van der Waals surface area contributed by atoms with Gasteiger partial charge in [-0.2, -0.15) is 0 Å². The first-order chi connectivity index (χ1) is 8.10. The molecule has 2 aromatic rings. The van der Waals surface area contributed by atoms with E-state index in [2.05, 4.69) is 17.1 Å². The van der Waals surface area contributed by atoms with Gasteiger partial charge < -0.3 is 10.5 Å². The Balaban J connectivity index is 2.33. The lowest BCUT2D eigenvalue weighted by atomic mass is 10.1. The van der Waals surface area contributed by atoms with Crippen molar-refractivity contribution in [2.45, 2.75) is 27.3 Å². The van der Waals surface area contributed by atoms with Crippen molar-refractivity contribution in [3.63, 3.8) is 0 Å². The van der Waals surface area contributed by atoms with E-state index < -0.39 is 0 Å². The van der Waals surface area contributed by atoms with Crippen molar-refractivity contribution in [3.8, 4) is 10.9 Å². The van der Waals surface area contributed by atoms with Crippen molar-refractivity contribution in [2.75, 3.05) is 0 Å². The third-order valence-corrected chi connectivity index (χ3v) is 3.38. The van der Waals surface area contributed by atoms with E-state index >= 15 is 0 Å². The minimum absolute atomic E-state index is 0.554. The third kappa shape index (κ3) is 2.65. The van der Waals surface area contributed by atoms with Crippen LogP contribution in [0.5, 0.6) is 10.9 Å². The standard InChI is InChI=1S/C13H16N2OS/c1-8-4-11(6-14)5-9(2)12(8)16-13-15-10(3)7-17-13/h4-5,7H,6,14H2,1-3H3. The highest BCUT2D eigenvalue weighted by Gasteiger charge is 2.09. The molecule has 2 N–H and O–H groups in total. The highest BCUT2D eigenvalue weighted by Crippen LogP contribution is 2.31. The summed E-state index contributed by atoms with van der Waals surface area (Å²) in [6, 6.07) is 4.12. The second kappa shape index (κ2) is 4.85. The highest BCUT2D eigenvalue weighted by atomic mass is 32.1. The normalized spacial score (nSPS) is 10.6. The molecule has 0 bridgehead atoms. The van der Waals surface area contributed by atoms with Crippen LogP contribution in [0.3, 0.4) is 0 Å². The highest BCUT2D eigenvalue weighted by molar-refractivity contribution is 7.11. The molecule has 1 aromatic heterocycles. The minimum Gasteiger partial charge on any atom is -0.430 e. The Morgan fingerprint density at radius 3 is 2.35 bits per heavy atom. The quantitative estimate of drug-likeness (QED) is 0.906. The molecule has 0 spiro atoms. The maximum absolute atomic E-state index is 5.83. The zero-order valence-corrected chi connectivity index (χ0v) is 11.1. The van der Waals surface area contributed by atoms with E-state index in [0.717, 1.165) is 28.1 Å². The number of rotatable bonds is 3. The number of ether oxygens (including phenoxy) is 1. The Morgan fingerprint density at radius 1 is 1.24 bits per heavy atom. The van der Waals surface area contributed by atoms with Gasteiger partial charge in [-0.1, -0.05) is 23.5 Å². The van der Waals surface area contributed by atoms with Crippen LogP contribution in [0.1, 0.15) is 22.4 Å².